The van der Waals surface area contributed by atoms with Gasteiger partial charge < -0.3 is 20.7 Å². The summed E-state index contributed by atoms with van der Waals surface area (Å²) in [5, 5.41) is 6.38. The van der Waals surface area contributed by atoms with E-state index in [-0.39, 0.29) is 24.0 Å². The summed E-state index contributed by atoms with van der Waals surface area (Å²) in [6, 6.07) is 17.3. The number of thiazole rings is 1. The Labute approximate surface area is 198 Å². The van der Waals surface area contributed by atoms with Crippen LogP contribution in [0.1, 0.15) is 18.5 Å². The third kappa shape index (κ3) is 6.33. The van der Waals surface area contributed by atoms with Gasteiger partial charge in [0.2, 0.25) is 0 Å². The molecular formula is C22H26IN5OS. The summed E-state index contributed by atoms with van der Waals surface area (Å²) in [4.78, 5) is 11.5. The Morgan fingerprint density at radius 2 is 1.87 bits per heavy atom. The maximum absolute atomic E-state index is 6.05. The molecule has 0 spiro atoms. The largest absolute Gasteiger partial charge is 0.457 e. The maximum atomic E-state index is 6.05. The molecule has 1 aromatic heterocycles. The molecule has 6 nitrogen and oxygen atoms in total. The highest BCUT2D eigenvalue weighted by Crippen LogP contribution is 2.25. The molecule has 0 atom stereocenters. The number of guanidine groups is 1. The molecule has 8 heteroatoms. The van der Waals surface area contributed by atoms with Gasteiger partial charge in [-0.3, -0.25) is 4.99 Å². The molecule has 2 aromatic carbocycles. The minimum absolute atomic E-state index is 0. The van der Waals surface area contributed by atoms with Crippen LogP contribution in [0, 0.1) is 0 Å². The second-order valence-corrected chi connectivity index (χ2v) is 7.74. The van der Waals surface area contributed by atoms with E-state index in [1.807, 2.05) is 54.6 Å². The molecule has 4 rings (SSSR count). The van der Waals surface area contributed by atoms with Crippen molar-refractivity contribution in [2.45, 2.75) is 19.3 Å². The van der Waals surface area contributed by atoms with Crippen LogP contribution < -0.4 is 20.7 Å². The molecule has 0 amide bonds. The molecular weight excluding hydrogens is 509 g/mol. The van der Waals surface area contributed by atoms with Crippen LogP contribution in [0.5, 0.6) is 11.5 Å². The van der Waals surface area contributed by atoms with Crippen LogP contribution in [0.2, 0.25) is 0 Å². The van der Waals surface area contributed by atoms with Crippen LogP contribution in [0.15, 0.2) is 65.0 Å². The topological polar surface area (TPSA) is 75.8 Å². The lowest BCUT2D eigenvalue weighted by atomic mass is 10.3. The summed E-state index contributed by atoms with van der Waals surface area (Å²) in [6.45, 7) is 2.84. The van der Waals surface area contributed by atoms with E-state index >= 15 is 0 Å². The average Bonchev–Trinajstić information content (AvgIpc) is 3.41. The normalized spacial score (nSPS) is 13.7. The van der Waals surface area contributed by atoms with Crippen LogP contribution in [-0.2, 0) is 6.42 Å². The number of hydrogen-bond donors (Lipinski definition) is 2. The standard InChI is InChI=1S/C22H25N5OS.HI/c23-21(24-12-11-18-16-29-22(26-18)27-13-4-5-14-27)25-17-7-6-10-20(15-17)28-19-8-2-1-3-9-19;/h1-3,6-10,15-16H,4-5,11-14H2,(H3,23,24,25);1H. The van der Waals surface area contributed by atoms with Crippen LogP contribution in [0.3, 0.4) is 0 Å². The molecule has 1 aliphatic rings. The number of benzene rings is 2. The van der Waals surface area contributed by atoms with Crippen molar-refractivity contribution in [3.63, 3.8) is 0 Å². The second kappa shape index (κ2) is 11.2. The van der Waals surface area contributed by atoms with Crippen molar-refractivity contribution in [1.82, 2.24) is 4.98 Å². The number of halogens is 1. The highest BCUT2D eigenvalue weighted by molar-refractivity contribution is 14.0. The van der Waals surface area contributed by atoms with Crippen molar-refractivity contribution in [2.75, 3.05) is 29.9 Å². The zero-order chi connectivity index (χ0) is 19.9. The Balaban J connectivity index is 0.00000256. The van der Waals surface area contributed by atoms with E-state index in [9.17, 15) is 0 Å². The zero-order valence-electron chi connectivity index (χ0n) is 16.7. The minimum Gasteiger partial charge on any atom is -0.457 e. The molecule has 0 unspecified atom stereocenters. The van der Waals surface area contributed by atoms with E-state index < -0.39 is 0 Å². The van der Waals surface area contributed by atoms with E-state index in [2.05, 4.69) is 20.6 Å². The van der Waals surface area contributed by atoms with Crippen molar-refractivity contribution in [1.29, 1.82) is 0 Å². The summed E-state index contributed by atoms with van der Waals surface area (Å²) in [5.74, 6) is 1.92. The fraction of sp³-hybridized carbons (Fsp3) is 0.273. The lowest BCUT2D eigenvalue weighted by molar-refractivity contribution is 0.483. The number of aliphatic imine (C=N–C) groups is 1. The Kier molecular flexibility index (Phi) is 8.32. The van der Waals surface area contributed by atoms with Gasteiger partial charge >= 0.3 is 0 Å². The van der Waals surface area contributed by atoms with Crippen molar-refractivity contribution >= 4 is 52.1 Å². The molecule has 0 saturated carbocycles. The monoisotopic (exact) mass is 535 g/mol. The van der Waals surface area contributed by atoms with Gasteiger partial charge in [-0.2, -0.15) is 0 Å². The number of nitrogens with zero attached hydrogens (tertiary/aromatic N) is 3. The first-order valence-electron chi connectivity index (χ1n) is 9.85. The third-order valence-corrected chi connectivity index (χ3v) is 5.60. The molecule has 3 aromatic rings. The third-order valence-electron chi connectivity index (χ3n) is 4.65. The number of hydrogen-bond acceptors (Lipinski definition) is 5. The minimum atomic E-state index is 0. The van der Waals surface area contributed by atoms with Crippen molar-refractivity contribution in [3.8, 4) is 11.5 Å². The second-order valence-electron chi connectivity index (χ2n) is 6.90. The average molecular weight is 535 g/mol. The number of anilines is 2. The molecule has 2 heterocycles. The smallest absolute Gasteiger partial charge is 0.193 e. The van der Waals surface area contributed by atoms with Gasteiger partial charge in [-0.1, -0.05) is 24.3 Å². The van der Waals surface area contributed by atoms with Gasteiger partial charge in [0, 0.05) is 43.2 Å². The van der Waals surface area contributed by atoms with E-state index in [0.717, 1.165) is 47.5 Å². The molecule has 1 fully saturated rings. The van der Waals surface area contributed by atoms with E-state index in [4.69, 9.17) is 15.5 Å². The summed E-state index contributed by atoms with van der Waals surface area (Å²) in [5.41, 5.74) is 7.96. The predicted molar refractivity (Wildman–Crippen MR) is 136 cm³/mol. The number of nitrogens with one attached hydrogen (secondary N) is 1. The highest BCUT2D eigenvalue weighted by atomic mass is 127. The number of aromatic nitrogens is 1. The first-order chi connectivity index (χ1) is 14.3. The van der Waals surface area contributed by atoms with E-state index in [1.54, 1.807) is 11.3 Å². The van der Waals surface area contributed by atoms with Gasteiger partial charge in [-0.25, -0.2) is 4.98 Å². The van der Waals surface area contributed by atoms with Gasteiger partial charge in [0.15, 0.2) is 11.1 Å². The maximum Gasteiger partial charge on any atom is 0.193 e. The Morgan fingerprint density at radius 1 is 1.10 bits per heavy atom. The quantitative estimate of drug-likeness (QED) is 0.250. The molecule has 0 bridgehead atoms. The Bertz CT molecular complexity index is 957. The van der Waals surface area contributed by atoms with Gasteiger partial charge in [0.05, 0.1) is 5.69 Å². The van der Waals surface area contributed by atoms with Crippen LogP contribution in [0.4, 0.5) is 10.8 Å². The molecule has 30 heavy (non-hydrogen) atoms. The predicted octanol–water partition coefficient (Wildman–Crippen LogP) is 5.12. The summed E-state index contributed by atoms with van der Waals surface area (Å²) >= 11 is 1.72. The fourth-order valence-electron chi connectivity index (χ4n) is 3.21. The molecule has 0 radical (unpaired) electrons. The van der Waals surface area contributed by atoms with Crippen LogP contribution in [-0.4, -0.2) is 30.6 Å². The van der Waals surface area contributed by atoms with Crippen molar-refractivity contribution < 1.29 is 4.74 Å². The number of nitrogens with two attached hydrogens (primary N) is 1. The first kappa shape index (κ1) is 22.4. The Hall–Kier alpha value is -2.33. The molecule has 1 aliphatic heterocycles. The molecule has 1 saturated heterocycles. The fourth-order valence-corrected chi connectivity index (χ4v) is 4.12. The lowest BCUT2D eigenvalue weighted by Gasteiger charge is -2.12. The van der Waals surface area contributed by atoms with Gasteiger partial charge in [0.1, 0.15) is 11.5 Å². The number of para-hydroxylation sites is 1. The molecule has 3 N–H and O–H groups in total. The van der Waals surface area contributed by atoms with Gasteiger partial charge in [-0.05, 0) is 37.1 Å². The van der Waals surface area contributed by atoms with Gasteiger partial charge in [-0.15, -0.1) is 35.3 Å². The summed E-state index contributed by atoms with van der Waals surface area (Å²) < 4.78 is 5.85. The van der Waals surface area contributed by atoms with Gasteiger partial charge in [0.25, 0.3) is 0 Å². The zero-order valence-corrected chi connectivity index (χ0v) is 19.8. The van der Waals surface area contributed by atoms with Crippen molar-refractivity contribution in [2.24, 2.45) is 10.7 Å². The highest BCUT2D eigenvalue weighted by Gasteiger charge is 2.15. The Morgan fingerprint density at radius 3 is 2.67 bits per heavy atom. The number of rotatable bonds is 7. The molecule has 158 valence electrons. The number of ether oxygens (including phenoxy) is 1. The van der Waals surface area contributed by atoms with E-state index in [0.29, 0.717) is 12.5 Å². The van der Waals surface area contributed by atoms with E-state index in [1.165, 1.54) is 12.8 Å². The summed E-state index contributed by atoms with van der Waals surface area (Å²) in [6.07, 6.45) is 3.31. The molecule has 0 aliphatic carbocycles. The summed E-state index contributed by atoms with van der Waals surface area (Å²) in [7, 11) is 0. The first-order valence-corrected chi connectivity index (χ1v) is 10.7. The van der Waals surface area contributed by atoms with Crippen LogP contribution in [0.25, 0.3) is 0 Å². The van der Waals surface area contributed by atoms with Crippen LogP contribution >= 0.6 is 35.3 Å². The van der Waals surface area contributed by atoms with Crippen molar-refractivity contribution in [3.05, 3.63) is 65.7 Å². The SMILES string of the molecule is I.NC(=NCCc1csc(N2CCCC2)n1)Nc1cccc(Oc2ccccc2)c1. The lowest BCUT2D eigenvalue weighted by Crippen LogP contribution is -2.23.